The number of pyridine rings is 1. The number of ether oxygens (including phenoxy) is 1. The number of fused-ring (bicyclic) bond motifs is 1. The monoisotopic (exact) mass is 487 g/mol. The van der Waals surface area contributed by atoms with Crippen LogP contribution in [-0.2, 0) is 18.3 Å². The fourth-order valence-electron chi connectivity index (χ4n) is 4.05. The Kier molecular flexibility index (Phi) is 7.31. The summed E-state index contributed by atoms with van der Waals surface area (Å²) in [5.41, 5.74) is 2.03. The lowest BCUT2D eigenvalue weighted by atomic mass is 10.1. The van der Waals surface area contributed by atoms with Crippen LogP contribution >= 0.6 is 11.6 Å². The molecule has 2 aromatic heterocycles. The number of rotatable bonds is 6. The van der Waals surface area contributed by atoms with Crippen molar-refractivity contribution in [1.82, 2.24) is 19.9 Å². The van der Waals surface area contributed by atoms with Crippen LogP contribution in [0.2, 0.25) is 5.02 Å². The van der Waals surface area contributed by atoms with Gasteiger partial charge in [-0.05, 0) is 43.0 Å². The van der Waals surface area contributed by atoms with Crippen LogP contribution in [0.1, 0.15) is 30.5 Å². The van der Waals surface area contributed by atoms with Crippen molar-refractivity contribution in [2.45, 2.75) is 31.9 Å². The molecular formula is C24H27ClFN5O3. The SMILES string of the molecule is CNC(=O)COc1cc2cc(Cc3nc(N4CCCC(F)CC4)ncc3Cl)ccc2n(C)c1=O. The molecule has 1 atom stereocenters. The Hall–Kier alpha value is -3.20. The number of nitrogens with zero attached hydrogens (tertiary/aromatic N) is 4. The molecular weight excluding hydrogens is 461 g/mol. The molecule has 1 amide bonds. The zero-order valence-electron chi connectivity index (χ0n) is 19.2. The van der Waals surface area contributed by atoms with Gasteiger partial charge in [0.1, 0.15) is 6.17 Å². The van der Waals surface area contributed by atoms with E-state index in [1.165, 1.54) is 11.6 Å². The largest absolute Gasteiger partial charge is 0.478 e. The van der Waals surface area contributed by atoms with E-state index in [2.05, 4.69) is 15.3 Å². The first kappa shape index (κ1) is 23.9. The van der Waals surface area contributed by atoms with E-state index in [-0.39, 0.29) is 23.8 Å². The predicted molar refractivity (Wildman–Crippen MR) is 130 cm³/mol. The van der Waals surface area contributed by atoms with E-state index in [0.29, 0.717) is 49.0 Å². The molecule has 1 aliphatic heterocycles. The first-order valence-electron chi connectivity index (χ1n) is 11.2. The van der Waals surface area contributed by atoms with Gasteiger partial charge < -0.3 is 19.5 Å². The van der Waals surface area contributed by atoms with Gasteiger partial charge in [-0.3, -0.25) is 9.59 Å². The molecule has 10 heteroatoms. The van der Waals surface area contributed by atoms with Gasteiger partial charge in [0, 0.05) is 39.0 Å². The third-order valence-electron chi connectivity index (χ3n) is 6.01. The summed E-state index contributed by atoms with van der Waals surface area (Å²) in [5, 5.41) is 3.71. The maximum absolute atomic E-state index is 13.7. The topological polar surface area (TPSA) is 89.3 Å². The number of aromatic nitrogens is 3. The molecule has 1 fully saturated rings. The maximum Gasteiger partial charge on any atom is 0.293 e. The molecule has 0 aliphatic carbocycles. The summed E-state index contributed by atoms with van der Waals surface area (Å²) in [5.74, 6) is 0.337. The van der Waals surface area contributed by atoms with Crippen molar-refractivity contribution in [1.29, 1.82) is 0 Å². The highest BCUT2D eigenvalue weighted by Crippen LogP contribution is 2.25. The molecule has 0 bridgehead atoms. The minimum absolute atomic E-state index is 0.102. The number of carbonyl (C=O) groups is 1. The Balaban J connectivity index is 1.61. The van der Waals surface area contributed by atoms with Crippen LogP contribution in [0.4, 0.5) is 10.3 Å². The second-order valence-corrected chi connectivity index (χ2v) is 8.79. The van der Waals surface area contributed by atoms with E-state index in [1.807, 2.05) is 23.1 Å². The summed E-state index contributed by atoms with van der Waals surface area (Å²) in [7, 11) is 3.17. The number of nitrogens with one attached hydrogen (secondary N) is 1. The van der Waals surface area contributed by atoms with E-state index < -0.39 is 6.17 Å². The van der Waals surface area contributed by atoms with Crippen LogP contribution in [-0.4, -0.2) is 53.4 Å². The lowest BCUT2D eigenvalue weighted by Crippen LogP contribution is -2.27. The fourth-order valence-corrected chi connectivity index (χ4v) is 4.21. The van der Waals surface area contributed by atoms with Crippen LogP contribution in [0, 0.1) is 0 Å². The molecule has 3 heterocycles. The Labute approximate surface area is 201 Å². The van der Waals surface area contributed by atoms with Gasteiger partial charge in [-0.2, -0.15) is 0 Å². The number of hydrogen-bond donors (Lipinski definition) is 1. The highest BCUT2D eigenvalue weighted by atomic mass is 35.5. The van der Waals surface area contributed by atoms with E-state index in [0.717, 1.165) is 22.9 Å². The number of aryl methyl sites for hydroxylation is 1. The second kappa shape index (κ2) is 10.4. The Bertz CT molecular complexity index is 1270. The zero-order chi connectivity index (χ0) is 24.2. The van der Waals surface area contributed by atoms with Crippen LogP contribution < -0.4 is 20.5 Å². The first-order valence-corrected chi connectivity index (χ1v) is 11.6. The lowest BCUT2D eigenvalue weighted by molar-refractivity contribution is -0.122. The molecule has 1 N–H and O–H groups in total. The zero-order valence-corrected chi connectivity index (χ0v) is 19.9. The van der Waals surface area contributed by atoms with Crippen molar-refractivity contribution in [3.8, 4) is 5.75 Å². The summed E-state index contributed by atoms with van der Waals surface area (Å²) in [6.07, 6.45) is 3.06. The van der Waals surface area contributed by atoms with Gasteiger partial charge in [0.2, 0.25) is 5.95 Å². The highest BCUT2D eigenvalue weighted by molar-refractivity contribution is 6.31. The molecule has 4 rings (SSSR count). The van der Waals surface area contributed by atoms with Crippen LogP contribution in [0.15, 0.2) is 35.3 Å². The van der Waals surface area contributed by atoms with E-state index in [1.54, 1.807) is 19.3 Å². The summed E-state index contributed by atoms with van der Waals surface area (Å²) < 4.78 is 20.7. The number of amides is 1. The predicted octanol–water partition coefficient (Wildman–Crippen LogP) is 3.03. The van der Waals surface area contributed by atoms with Gasteiger partial charge in [0.25, 0.3) is 11.5 Å². The third kappa shape index (κ3) is 5.30. The molecule has 3 aromatic rings. The standard InChI is InChI=1S/C24H27ClFN5O3/c1-27-22(32)14-34-21-12-16-10-15(5-6-20(16)30(2)23(21)33)11-19-18(25)13-28-24(29-19)31-8-3-4-17(26)7-9-31/h5-6,10,12-13,17H,3-4,7-9,11,14H2,1-2H3,(H,27,32). The van der Waals surface area contributed by atoms with Crippen molar-refractivity contribution in [2.24, 2.45) is 7.05 Å². The molecule has 1 saturated heterocycles. The second-order valence-electron chi connectivity index (χ2n) is 8.38. The lowest BCUT2D eigenvalue weighted by Gasteiger charge is -2.20. The summed E-state index contributed by atoms with van der Waals surface area (Å²) in [6, 6.07) is 7.37. The van der Waals surface area contributed by atoms with Crippen molar-refractivity contribution in [3.05, 3.63) is 57.1 Å². The van der Waals surface area contributed by atoms with Gasteiger partial charge in [-0.25, -0.2) is 14.4 Å². The van der Waals surface area contributed by atoms with E-state index in [9.17, 15) is 14.0 Å². The van der Waals surface area contributed by atoms with E-state index in [4.69, 9.17) is 16.3 Å². The van der Waals surface area contributed by atoms with Crippen LogP contribution in [0.5, 0.6) is 5.75 Å². The molecule has 1 aromatic carbocycles. The molecule has 0 radical (unpaired) electrons. The highest BCUT2D eigenvalue weighted by Gasteiger charge is 2.19. The van der Waals surface area contributed by atoms with Crippen molar-refractivity contribution >= 4 is 34.4 Å². The number of likely N-dealkylation sites (N-methyl/N-ethyl adjacent to an activating group) is 1. The average molecular weight is 488 g/mol. The van der Waals surface area contributed by atoms with Crippen molar-refractivity contribution in [3.63, 3.8) is 0 Å². The fraction of sp³-hybridized carbons (Fsp3) is 0.417. The van der Waals surface area contributed by atoms with Gasteiger partial charge in [0.15, 0.2) is 12.4 Å². The Morgan fingerprint density at radius 3 is 2.91 bits per heavy atom. The van der Waals surface area contributed by atoms with Crippen LogP contribution in [0.25, 0.3) is 10.9 Å². The van der Waals surface area contributed by atoms with Crippen molar-refractivity contribution < 1.29 is 13.9 Å². The smallest absolute Gasteiger partial charge is 0.293 e. The number of benzene rings is 1. The number of halogens is 2. The van der Waals surface area contributed by atoms with Gasteiger partial charge in [-0.1, -0.05) is 17.7 Å². The molecule has 180 valence electrons. The molecule has 34 heavy (non-hydrogen) atoms. The van der Waals surface area contributed by atoms with Gasteiger partial charge >= 0.3 is 0 Å². The Morgan fingerprint density at radius 1 is 1.29 bits per heavy atom. The number of anilines is 1. The molecule has 1 unspecified atom stereocenters. The normalized spacial score (nSPS) is 16.4. The average Bonchev–Trinajstić information content (AvgIpc) is 3.06. The number of carbonyl (C=O) groups excluding carboxylic acids is 1. The van der Waals surface area contributed by atoms with Gasteiger partial charge in [0.05, 0.1) is 22.4 Å². The maximum atomic E-state index is 13.7. The van der Waals surface area contributed by atoms with Crippen LogP contribution in [0.3, 0.4) is 0 Å². The summed E-state index contributed by atoms with van der Waals surface area (Å²) >= 11 is 6.41. The molecule has 1 aliphatic rings. The molecule has 8 nitrogen and oxygen atoms in total. The minimum Gasteiger partial charge on any atom is -0.478 e. The van der Waals surface area contributed by atoms with Crippen molar-refractivity contribution in [2.75, 3.05) is 31.6 Å². The number of hydrogen-bond acceptors (Lipinski definition) is 6. The Morgan fingerprint density at radius 2 is 2.12 bits per heavy atom. The quantitative estimate of drug-likeness (QED) is 0.575. The summed E-state index contributed by atoms with van der Waals surface area (Å²) in [6.45, 7) is 1.05. The molecule has 0 spiro atoms. The van der Waals surface area contributed by atoms with E-state index >= 15 is 0 Å². The molecule has 0 saturated carbocycles. The first-order chi connectivity index (χ1) is 16.4. The van der Waals surface area contributed by atoms with Gasteiger partial charge in [-0.15, -0.1) is 0 Å². The summed E-state index contributed by atoms with van der Waals surface area (Å²) in [4.78, 5) is 35.2. The minimum atomic E-state index is -0.782. The third-order valence-corrected chi connectivity index (χ3v) is 6.32. The number of alkyl halides is 1.